The highest BCUT2D eigenvalue weighted by molar-refractivity contribution is 6.75. The molecular weight excluding hydrogens is 289 g/mol. The molecule has 0 heterocycles. The van der Waals surface area contributed by atoms with Crippen LogP contribution in [-0.4, -0.2) is 3.79 Å². The van der Waals surface area contributed by atoms with E-state index in [9.17, 15) is 5.11 Å². The van der Waals surface area contributed by atoms with Crippen LogP contribution in [0.1, 0.15) is 5.56 Å². The lowest BCUT2D eigenvalue weighted by molar-refractivity contribution is 0.354. The average molecular weight is 293 g/mol. The topological polar surface area (TPSA) is 19.9 Å². The van der Waals surface area contributed by atoms with Crippen LogP contribution in [0.2, 0.25) is 0 Å². The van der Waals surface area contributed by atoms with E-state index in [2.05, 4.69) is 0 Å². The molecule has 6 heteroatoms. The Balaban J connectivity index is 3.16. The van der Waals surface area contributed by atoms with Gasteiger partial charge >= 0.3 is 0 Å². The lowest BCUT2D eigenvalue weighted by Crippen LogP contribution is -2.28. The molecule has 1 nitrogen and oxygen atoms in total. The monoisotopic (exact) mass is 291 g/mol. The second-order valence-corrected chi connectivity index (χ2v) is 6.21. The molecule has 0 fully saturated rings. The Morgan fingerprint density at radius 1 is 1.00 bits per heavy atom. The molecule has 14 heavy (non-hydrogen) atoms. The van der Waals surface area contributed by atoms with Gasteiger partial charge in [0.25, 0.3) is 0 Å². The largest absolute Gasteiger partial charge is 0.290 e. The minimum atomic E-state index is -1.90. The van der Waals surface area contributed by atoms with Gasteiger partial charge in [-0.2, -0.15) is 0 Å². The molecule has 0 unspecified atom stereocenters. The molecule has 0 aliphatic carbocycles. The van der Waals surface area contributed by atoms with Crippen LogP contribution in [0.3, 0.4) is 0 Å². The van der Waals surface area contributed by atoms with Gasteiger partial charge in [0.1, 0.15) is 0 Å². The normalized spacial score (nSPS) is 12.9. The summed E-state index contributed by atoms with van der Waals surface area (Å²) in [6, 6.07) is 5.59. The zero-order chi connectivity index (χ0) is 11.0. The quantitative estimate of drug-likeness (QED) is 0.661. The van der Waals surface area contributed by atoms with E-state index < -0.39 is 8.13 Å². The van der Waals surface area contributed by atoms with Crippen LogP contribution < -0.4 is 0 Å². The molecule has 0 saturated heterocycles. The third kappa shape index (κ3) is 2.53. The Morgan fingerprint density at radius 3 is 2.00 bits per heavy atom. The third-order valence-corrected chi connectivity index (χ3v) is 3.99. The van der Waals surface area contributed by atoms with Gasteiger partial charge in [-0.25, -0.2) is 0 Å². The van der Waals surface area contributed by atoms with E-state index in [-0.39, 0.29) is 11.3 Å². The maximum absolute atomic E-state index is 11.0. The first-order valence-corrected chi connectivity index (χ1v) is 5.36. The van der Waals surface area contributed by atoms with Crippen molar-refractivity contribution in [3.05, 3.63) is 29.8 Å². The zero-order valence-electron chi connectivity index (χ0n) is 6.61. The highest BCUT2D eigenvalue weighted by atomic mass is 35.6. The van der Waals surface area contributed by atoms with Crippen LogP contribution in [0.5, 0.6) is 5.75 Å². The van der Waals surface area contributed by atoms with Crippen LogP contribution in [0.15, 0.2) is 24.3 Å². The van der Waals surface area contributed by atoms with E-state index in [1.54, 1.807) is 0 Å². The highest BCUT2D eigenvalue weighted by Crippen LogP contribution is 2.53. The maximum atomic E-state index is 11.0. The zero-order valence-corrected chi connectivity index (χ0v) is 10.4. The second kappa shape index (κ2) is 4.15. The molecule has 1 rings (SSSR count). The number of hydrogen-bond donors (Lipinski definition) is 0. The first-order valence-electron chi connectivity index (χ1n) is 3.47. The fourth-order valence-corrected chi connectivity index (χ4v) is 1.42. The van der Waals surface area contributed by atoms with Crippen molar-refractivity contribution in [2.45, 2.75) is 8.13 Å². The Hall–Kier alpha value is 0.470. The molecule has 0 aromatic heterocycles. The minimum Gasteiger partial charge on any atom is -0.290 e. The van der Waals surface area contributed by atoms with Gasteiger partial charge in [0.2, 0.25) is 3.79 Å². The van der Waals surface area contributed by atoms with Gasteiger partial charge in [0.15, 0.2) is 10.1 Å². The van der Waals surface area contributed by atoms with E-state index in [1.807, 2.05) is 0 Å². The molecule has 0 N–H and O–H groups in total. The Bertz CT molecular complexity index is 331. The number of benzene rings is 1. The summed E-state index contributed by atoms with van der Waals surface area (Å²) < 4.78 is -3.64. The van der Waals surface area contributed by atoms with Crippen molar-refractivity contribution in [3.8, 4) is 5.75 Å². The highest BCUT2D eigenvalue weighted by Gasteiger charge is 2.47. The van der Waals surface area contributed by atoms with E-state index in [1.165, 1.54) is 24.3 Å². The fraction of sp³-hybridized carbons (Fsp3) is 0.250. The Labute approximate surface area is 106 Å². The first kappa shape index (κ1) is 12.5. The standard InChI is InChI=1S/C8H4Cl5O/c9-7(10,8(11,12)13)5-2-1-3-6(14)4-5/h1-4H. The van der Waals surface area contributed by atoms with Crippen LogP contribution in [0.25, 0.3) is 0 Å². The molecule has 1 aromatic carbocycles. The second-order valence-electron chi connectivity index (χ2n) is 2.60. The molecule has 0 bridgehead atoms. The summed E-state index contributed by atoms with van der Waals surface area (Å²) in [5, 5.41) is 11.0. The predicted octanol–water partition coefficient (Wildman–Crippen LogP) is 4.83. The van der Waals surface area contributed by atoms with Crippen molar-refractivity contribution in [1.82, 2.24) is 0 Å². The number of halogens is 5. The molecule has 0 atom stereocenters. The van der Waals surface area contributed by atoms with Gasteiger partial charge in [-0.3, -0.25) is 5.11 Å². The molecule has 0 aliphatic heterocycles. The number of alkyl halides is 5. The number of rotatable bonds is 1. The maximum Gasteiger partial charge on any atom is 0.227 e. The Morgan fingerprint density at radius 2 is 1.57 bits per heavy atom. The van der Waals surface area contributed by atoms with Crippen LogP contribution in [-0.2, 0) is 9.44 Å². The lowest BCUT2D eigenvalue weighted by atomic mass is 10.1. The van der Waals surface area contributed by atoms with E-state index in [4.69, 9.17) is 58.0 Å². The van der Waals surface area contributed by atoms with Gasteiger partial charge in [-0.1, -0.05) is 70.1 Å². The molecule has 0 saturated carbocycles. The molecule has 1 aromatic rings. The van der Waals surface area contributed by atoms with Crippen molar-refractivity contribution in [2.24, 2.45) is 0 Å². The summed E-state index contributed by atoms with van der Waals surface area (Å²) in [6.07, 6.45) is 0. The van der Waals surface area contributed by atoms with E-state index >= 15 is 0 Å². The summed E-state index contributed by atoms with van der Waals surface area (Å²) in [5.74, 6) is -0.248. The van der Waals surface area contributed by atoms with Crippen molar-refractivity contribution < 1.29 is 5.11 Å². The fourth-order valence-electron chi connectivity index (χ4n) is 0.855. The Kier molecular flexibility index (Phi) is 3.72. The van der Waals surface area contributed by atoms with Gasteiger partial charge in [-0.05, 0) is 17.7 Å². The SMILES string of the molecule is [O]c1cccc(C(Cl)(Cl)C(Cl)(Cl)Cl)c1. The molecule has 77 valence electrons. The molecule has 0 amide bonds. The average Bonchev–Trinajstić information content (AvgIpc) is 2.02. The number of hydrogen-bond acceptors (Lipinski definition) is 0. The lowest BCUT2D eigenvalue weighted by Gasteiger charge is -2.27. The summed E-state index contributed by atoms with van der Waals surface area (Å²) in [7, 11) is 0. The first-order chi connectivity index (χ1) is 6.25. The summed E-state index contributed by atoms with van der Waals surface area (Å²) in [6.45, 7) is 0. The van der Waals surface area contributed by atoms with Crippen molar-refractivity contribution >= 4 is 58.0 Å². The van der Waals surface area contributed by atoms with Gasteiger partial charge in [0.05, 0.1) is 0 Å². The predicted molar refractivity (Wildman–Crippen MR) is 60.2 cm³/mol. The van der Waals surface area contributed by atoms with Gasteiger partial charge < -0.3 is 0 Å². The van der Waals surface area contributed by atoms with Crippen molar-refractivity contribution in [1.29, 1.82) is 0 Å². The third-order valence-electron chi connectivity index (χ3n) is 1.55. The minimum absolute atomic E-state index is 0.248. The molecule has 1 radical (unpaired) electrons. The van der Waals surface area contributed by atoms with Gasteiger partial charge in [-0.15, -0.1) is 0 Å². The smallest absolute Gasteiger partial charge is 0.227 e. The van der Waals surface area contributed by atoms with Crippen LogP contribution in [0.4, 0.5) is 0 Å². The van der Waals surface area contributed by atoms with Crippen molar-refractivity contribution in [2.75, 3.05) is 0 Å². The summed E-state index contributed by atoms with van der Waals surface area (Å²) >= 11 is 28.4. The summed E-state index contributed by atoms with van der Waals surface area (Å²) in [5.41, 5.74) is 0.258. The van der Waals surface area contributed by atoms with Gasteiger partial charge in [0, 0.05) is 0 Å². The van der Waals surface area contributed by atoms with Crippen molar-refractivity contribution in [3.63, 3.8) is 0 Å². The van der Waals surface area contributed by atoms with E-state index in [0.717, 1.165) is 0 Å². The van der Waals surface area contributed by atoms with E-state index in [0.29, 0.717) is 0 Å². The molecule has 0 spiro atoms. The van der Waals surface area contributed by atoms with Crippen LogP contribution >= 0.6 is 58.0 Å². The molecular formula is C8H4Cl5O. The summed E-state index contributed by atoms with van der Waals surface area (Å²) in [4.78, 5) is 0. The molecule has 0 aliphatic rings. The van der Waals surface area contributed by atoms with Crippen LogP contribution in [0, 0.1) is 0 Å².